The molecule has 0 aliphatic heterocycles. The van der Waals surface area contributed by atoms with Crippen LogP contribution in [0.1, 0.15) is 5.82 Å². The fraction of sp³-hybridized carbons (Fsp3) is 0.133. The molecular formula is C15H11ClN6OS2. The van der Waals surface area contributed by atoms with E-state index in [9.17, 15) is 4.79 Å². The molecule has 4 rings (SSSR count). The second-order valence-corrected chi connectivity index (χ2v) is 7.40. The topological polar surface area (TPSA) is 89.3 Å². The van der Waals surface area contributed by atoms with Crippen molar-refractivity contribution in [1.82, 2.24) is 30.2 Å². The number of aromatic nitrogens is 6. The molecule has 0 amide bonds. The van der Waals surface area contributed by atoms with E-state index >= 15 is 0 Å². The van der Waals surface area contributed by atoms with Crippen molar-refractivity contribution in [3.05, 3.63) is 50.8 Å². The quantitative estimate of drug-likeness (QED) is 0.538. The highest BCUT2D eigenvalue weighted by Crippen LogP contribution is 2.35. The molecule has 3 heterocycles. The number of H-pyrrole nitrogens is 1. The lowest BCUT2D eigenvalue weighted by Gasteiger charge is -2.03. The molecule has 0 aliphatic carbocycles. The Kier molecular flexibility index (Phi) is 4.28. The fourth-order valence-corrected chi connectivity index (χ4v) is 4.33. The second kappa shape index (κ2) is 6.58. The summed E-state index contributed by atoms with van der Waals surface area (Å²) in [6.45, 7) is 0. The Morgan fingerprint density at radius 3 is 2.92 bits per heavy atom. The molecule has 0 fully saturated rings. The fourth-order valence-electron chi connectivity index (χ4n) is 2.42. The van der Waals surface area contributed by atoms with Crippen LogP contribution in [-0.2, 0) is 12.8 Å². The molecule has 1 aromatic carbocycles. The van der Waals surface area contributed by atoms with Gasteiger partial charge in [-0.25, -0.2) is 9.67 Å². The number of aryl methyl sites for hydroxylation is 1. The molecule has 126 valence electrons. The SMILES string of the molecule is Cn1nnnc1SCc1nc2scc(-c3ccccc3Cl)c2c(=O)[nH]1. The lowest BCUT2D eigenvalue weighted by atomic mass is 10.1. The Morgan fingerprint density at radius 1 is 1.32 bits per heavy atom. The van der Waals surface area contributed by atoms with Crippen molar-refractivity contribution in [3.63, 3.8) is 0 Å². The van der Waals surface area contributed by atoms with Gasteiger partial charge in [0.1, 0.15) is 10.7 Å². The molecule has 25 heavy (non-hydrogen) atoms. The molecule has 3 aromatic heterocycles. The monoisotopic (exact) mass is 390 g/mol. The van der Waals surface area contributed by atoms with Crippen LogP contribution in [0.2, 0.25) is 5.02 Å². The van der Waals surface area contributed by atoms with E-state index in [1.54, 1.807) is 11.7 Å². The zero-order chi connectivity index (χ0) is 17.4. The number of rotatable bonds is 4. The van der Waals surface area contributed by atoms with Crippen LogP contribution in [0.4, 0.5) is 0 Å². The Hall–Kier alpha value is -2.23. The molecule has 0 spiro atoms. The van der Waals surface area contributed by atoms with E-state index in [0.29, 0.717) is 32.0 Å². The van der Waals surface area contributed by atoms with Gasteiger partial charge in [0.25, 0.3) is 5.56 Å². The van der Waals surface area contributed by atoms with E-state index in [2.05, 4.69) is 25.5 Å². The average Bonchev–Trinajstić information content (AvgIpc) is 3.20. The third kappa shape index (κ3) is 3.06. The van der Waals surface area contributed by atoms with Crippen LogP contribution in [0.15, 0.2) is 39.6 Å². The van der Waals surface area contributed by atoms with Crippen molar-refractivity contribution < 1.29 is 0 Å². The summed E-state index contributed by atoms with van der Waals surface area (Å²) in [7, 11) is 1.76. The summed E-state index contributed by atoms with van der Waals surface area (Å²) >= 11 is 9.10. The van der Waals surface area contributed by atoms with Gasteiger partial charge in [-0.3, -0.25) is 4.79 Å². The van der Waals surface area contributed by atoms with Gasteiger partial charge in [-0.05, 0) is 16.5 Å². The Balaban J connectivity index is 1.71. The zero-order valence-electron chi connectivity index (χ0n) is 12.9. The van der Waals surface area contributed by atoms with E-state index < -0.39 is 0 Å². The van der Waals surface area contributed by atoms with Crippen LogP contribution in [0.25, 0.3) is 21.3 Å². The van der Waals surface area contributed by atoms with Gasteiger partial charge in [-0.1, -0.05) is 41.6 Å². The van der Waals surface area contributed by atoms with E-state index in [0.717, 1.165) is 11.1 Å². The van der Waals surface area contributed by atoms with Gasteiger partial charge >= 0.3 is 0 Å². The molecule has 1 N–H and O–H groups in total. The number of nitrogens with one attached hydrogen (secondary N) is 1. The molecule has 0 aliphatic rings. The van der Waals surface area contributed by atoms with Gasteiger partial charge < -0.3 is 4.98 Å². The predicted octanol–water partition coefficient (Wildman–Crippen LogP) is 3.12. The minimum Gasteiger partial charge on any atom is -0.309 e. The van der Waals surface area contributed by atoms with Gasteiger partial charge in [-0.2, -0.15) is 0 Å². The molecule has 7 nitrogen and oxygen atoms in total. The highest BCUT2D eigenvalue weighted by Gasteiger charge is 2.15. The first-order valence-corrected chi connectivity index (χ1v) is 9.48. The normalized spacial score (nSPS) is 11.3. The van der Waals surface area contributed by atoms with Crippen molar-refractivity contribution in [3.8, 4) is 11.1 Å². The van der Waals surface area contributed by atoms with Crippen LogP contribution >= 0.6 is 34.7 Å². The molecule has 0 radical (unpaired) electrons. The van der Waals surface area contributed by atoms with Crippen LogP contribution < -0.4 is 5.56 Å². The number of fused-ring (bicyclic) bond motifs is 1. The van der Waals surface area contributed by atoms with Gasteiger partial charge in [0.05, 0.1) is 11.1 Å². The summed E-state index contributed by atoms with van der Waals surface area (Å²) in [5.74, 6) is 1.05. The molecule has 0 saturated heterocycles. The summed E-state index contributed by atoms with van der Waals surface area (Å²) in [5, 5.41) is 15.0. The van der Waals surface area contributed by atoms with Crippen LogP contribution in [0.5, 0.6) is 0 Å². The van der Waals surface area contributed by atoms with Crippen LogP contribution in [0, 0.1) is 0 Å². The smallest absolute Gasteiger partial charge is 0.260 e. The largest absolute Gasteiger partial charge is 0.309 e. The number of hydrogen-bond donors (Lipinski definition) is 1. The zero-order valence-corrected chi connectivity index (χ0v) is 15.3. The van der Waals surface area contributed by atoms with Crippen molar-refractivity contribution in [2.45, 2.75) is 10.9 Å². The van der Waals surface area contributed by atoms with E-state index in [1.807, 2.05) is 29.6 Å². The Morgan fingerprint density at radius 2 is 2.16 bits per heavy atom. The maximum atomic E-state index is 12.6. The number of benzene rings is 1. The summed E-state index contributed by atoms with van der Waals surface area (Å²) in [6, 6.07) is 7.46. The number of thiophene rings is 1. The van der Waals surface area contributed by atoms with Crippen LogP contribution in [0.3, 0.4) is 0 Å². The summed E-state index contributed by atoms with van der Waals surface area (Å²) in [5.41, 5.74) is 1.46. The van der Waals surface area contributed by atoms with Crippen LogP contribution in [-0.4, -0.2) is 30.2 Å². The number of aromatic amines is 1. The molecule has 0 unspecified atom stereocenters. The lowest BCUT2D eigenvalue weighted by molar-refractivity contribution is 0.664. The van der Waals surface area contributed by atoms with Gasteiger partial charge in [0, 0.05) is 28.6 Å². The third-order valence-electron chi connectivity index (χ3n) is 3.58. The highest BCUT2D eigenvalue weighted by molar-refractivity contribution is 7.98. The van der Waals surface area contributed by atoms with Gasteiger partial charge in [0.15, 0.2) is 0 Å². The second-order valence-electron chi connectivity index (χ2n) is 5.20. The first-order valence-electron chi connectivity index (χ1n) is 7.24. The summed E-state index contributed by atoms with van der Waals surface area (Å²) in [4.78, 5) is 20.7. The van der Waals surface area contributed by atoms with E-state index in [4.69, 9.17) is 11.6 Å². The van der Waals surface area contributed by atoms with Gasteiger partial charge in [-0.15, -0.1) is 16.4 Å². The first-order chi connectivity index (χ1) is 12.1. The maximum absolute atomic E-state index is 12.6. The standard InChI is InChI=1S/C15H11ClN6OS2/c1-22-15(19-20-21-22)25-7-11-17-13(23)12-9(6-24-14(12)18-11)8-4-2-3-5-10(8)16/h2-6H,7H2,1H3,(H,17,18,23). The minimum absolute atomic E-state index is 0.173. The summed E-state index contributed by atoms with van der Waals surface area (Å²) in [6.07, 6.45) is 0. The molecule has 0 atom stereocenters. The number of hydrogen-bond acceptors (Lipinski definition) is 7. The molecular weight excluding hydrogens is 380 g/mol. The molecule has 10 heteroatoms. The first kappa shape index (κ1) is 16.2. The van der Waals surface area contributed by atoms with Crippen molar-refractivity contribution >= 4 is 44.9 Å². The van der Waals surface area contributed by atoms with Crippen molar-refractivity contribution in [1.29, 1.82) is 0 Å². The number of halogens is 1. The highest BCUT2D eigenvalue weighted by atomic mass is 35.5. The minimum atomic E-state index is -0.173. The van der Waals surface area contributed by atoms with Crippen molar-refractivity contribution in [2.75, 3.05) is 0 Å². The van der Waals surface area contributed by atoms with E-state index in [1.165, 1.54) is 23.1 Å². The molecule has 0 bridgehead atoms. The van der Waals surface area contributed by atoms with Gasteiger partial charge in [0.2, 0.25) is 5.16 Å². The Labute approximate surface area is 155 Å². The van der Waals surface area contributed by atoms with E-state index in [-0.39, 0.29) is 5.56 Å². The lowest BCUT2D eigenvalue weighted by Crippen LogP contribution is -2.11. The number of thioether (sulfide) groups is 1. The van der Waals surface area contributed by atoms with Crippen molar-refractivity contribution in [2.24, 2.45) is 7.05 Å². The molecule has 4 aromatic rings. The average molecular weight is 391 g/mol. The number of tetrazole rings is 1. The Bertz CT molecular complexity index is 1120. The third-order valence-corrected chi connectivity index (χ3v) is 5.80. The molecule has 0 saturated carbocycles. The maximum Gasteiger partial charge on any atom is 0.260 e. The number of nitrogens with zero attached hydrogens (tertiary/aromatic N) is 5. The predicted molar refractivity (Wildman–Crippen MR) is 99.0 cm³/mol. The summed E-state index contributed by atoms with van der Waals surface area (Å²) < 4.78 is 1.57.